The average Bonchev–Trinajstić information content (AvgIpc) is 2.81. The minimum absolute atomic E-state index is 0.311. The van der Waals surface area contributed by atoms with Crippen LogP contribution in [0, 0.1) is 0 Å². The molecule has 0 radical (unpaired) electrons. The van der Waals surface area contributed by atoms with Crippen molar-refractivity contribution < 1.29 is 13.2 Å². The van der Waals surface area contributed by atoms with E-state index in [1.807, 2.05) is 26.0 Å². The van der Waals surface area contributed by atoms with E-state index >= 15 is 0 Å². The number of rotatable bonds is 3. The molecule has 1 heterocycles. The van der Waals surface area contributed by atoms with Crippen molar-refractivity contribution in [3.8, 4) is 11.4 Å². The molecule has 0 amide bonds. The third-order valence-electron chi connectivity index (χ3n) is 3.29. The number of nitrogens with two attached hydrogens (primary N) is 1. The maximum atomic E-state index is 12.8. The molecule has 0 unspecified atom stereocenters. The van der Waals surface area contributed by atoms with Crippen LogP contribution in [0.3, 0.4) is 0 Å². The highest BCUT2D eigenvalue weighted by molar-refractivity contribution is 5.57. The lowest BCUT2D eigenvalue weighted by atomic mass is 9.95. The molecule has 0 saturated heterocycles. The van der Waals surface area contributed by atoms with Crippen LogP contribution in [0.1, 0.15) is 32.0 Å². The molecule has 0 fully saturated rings. The predicted molar refractivity (Wildman–Crippen MR) is 75.6 cm³/mol. The normalized spacial score (nSPS) is 12.7. The summed E-state index contributed by atoms with van der Waals surface area (Å²) in [5.41, 5.74) is 6.18. The molecule has 6 heteroatoms. The van der Waals surface area contributed by atoms with Gasteiger partial charge >= 0.3 is 6.18 Å². The van der Waals surface area contributed by atoms with E-state index < -0.39 is 17.4 Å². The van der Waals surface area contributed by atoms with Crippen molar-refractivity contribution in [1.82, 2.24) is 9.55 Å². The van der Waals surface area contributed by atoms with E-state index in [1.54, 1.807) is 19.1 Å². The number of benzene rings is 1. The van der Waals surface area contributed by atoms with Gasteiger partial charge in [0.2, 0.25) is 0 Å². The standard InChI is InChI=1S/C15H18F3N3/c1-4-21-9-12(15(16,17)18)20-13(21)10-5-7-11(8-6-10)14(2,3)19/h5-9H,4,19H2,1-3H3. The lowest BCUT2D eigenvalue weighted by Crippen LogP contribution is -2.28. The minimum Gasteiger partial charge on any atom is -0.331 e. The summed E-state index contributed by atoms with van der Waals surface area (Å²) < 4.78 is 39.8. The number of hydrogen-bond donors (Lipinski definition) is 1. The van der Waals surface area contributed by atoms with Gasteiger partial charge in [0, 0.05) is 23.8 Å². The summed E-state index contributed by atoms with van der Waals surface area (Å²) in [5, 5.41) is 0. The molecule has 0 spiro atoms. The van der Waals surface area contributed by atoms with Crippen LogP contribution >= 0.6 is 0 Å². The molecule has 2 rings (SSSR count). The molecule has 0 aliphatic carbocycles. The molecular formula is C15H18F3N3. The highest BCUT2D eigenvalue weighted by Gasteiger charge is 2.34. The Morgan fingerprint density at radius 1 is 1.14 bits per heavy atom. The molecule has 2 N–H and O–H groups in total. The topological polar surface area (TPSA) is 43.8 Å². The number of aryl methyl sites for hydroxylation is 1. The summed E-state index contributed by atoms with van der Waals surface area (Å²) in [6.45, 7) is 5.94. The molecule has 0 aliphatic rings. The number of alkyl halides is 3. The summed E-state index contributed by atoms with van der Waals surface area (Å²) in [6, 6.07) is 7.13. The van der Waals surface area contributed by atoms with Gasteiger partial charge in [-0.05, 0) is 26.3 Å². The van der Waals surface area contributed by atoms with E-state index in [9.17, 15) is 13.2 Å². The van der Waals surface area contributed by atoms with E-state index in [1.165, 1.54) is 4.57 Å². The number of aromatic nitrogens is 2. The van der Waals surface area contributed by atoms with Gasteiger partial charge in [-0.15, -0.1) is 0 Å². The second-order valence-corrected chi connectivity index (χ2v) is 5.53. The van der Waals surface area contributed by atoms with Gasteiger partial charge in [-0.1, -0.05) is 24.3 Å². The first-order valence-corrected chi connectivity index (χ1v) is 6.67. The quantitative estimate of drug-likeness (QED) is 0.937. The largest absolute Gasteiger partial charge is 0.434 e. The number of hydrogen-bond acceptors (Lipinski definition) is 2. The summed E-state index contributed by atoms with van der Waals surface area (Å²) in [4.78, 5) is 3.72. The fourth-order valence-electron chi connectivity index (χ4n) is 2.07. The summed E-state index contributed by atoms with van der Waals surface area (Å²) in [5.74, 6) is 0.311. The van der Waals surface area contributed by atoms with E-state index in [0.29, 0.717) is 17.9 Å². The minimum atomic E-state index is -4.44. The van der Waals surface area contributed by atoms with Gasteiger partial charge < -0.3 is 10.3 Å². The molecular weight excluding hydrogens is 279 g/mol. The first-order chi connectivity index (χ1) is 9.63. The monoisotopic (exact) mass is 297 g/mol. The first kappa shape index (κ1) is 15.6. The zero-order chi connectivity index (χ0) is 15.8. The lowest BCUT2D eigenvalue weighted by Gasteiger charge is -2.19. The van der Waals surface area contributed by atoms with E-state index in [-0.39, 0.29) is 0 Å². The van der Waals surface area contributed by atoms with Gasteiger partial charge in [0.25, 0.3) is 0 Å². The summed E-state index contributed by atoms with van der Waals surface area (Å²) >= 11 is 0. The smallest absolute Gasteiger partial charge is 0.331 e. The van der Waals surface area contributed by atoms with E-state index in [2.05, 4.69) is 4.98 Å². The van der Waals surface area contributed by atoms with Crippen LogP contribution < -0.4 is 5.73 Å². The van der Waals surface area contributed by atoms with Crippen LogP contribution in [0.5, 0.6) is 0 Å². The Morgan fingerprint density at radius 3 is 2.14 bits per heavy atom. The van der Waals surface area contributed by atoms with Crippen LogP contribution in [0.25, 0.3) is 11.4 Å². The van der Waals surface area contributed by atoms with E-state index in [4.69, 9.17) is 5.73 Å². The third-order valence-corrected chi connectivity index (χ3v) is 3.29. The summed E-state index contributed by atoms with van der Waals surface area (Å²) in [6.07, 6.45) is -3.40. The molecule has 0 bridgehead atoms. The number of imidazole rings is 1. The number of nitrogens with zero attached hydrogens (tertiary/aromatic N) is 2. The van der Waals surface area contributed by atoms with Crippen LogP contribution in [0.2, 0.25) is 0 Å². The van der Waals surface area contributed by atoms with Gasteiger partial charge in [-0.25, -0.2) is 4.98 Å². The Balaban J connectivity index is 2.44. The molecule has 0 aliphatic heterocycles. The second kappa shape index (κ2) is 5.18. The zero-order valence-corrected chi connectivity index (χ0v) is 12.2. The van der Waals surface area contributed by atoms with Crippen molar-refractivity contribution in [1.29, 1.82) is 0 Å². The van der Waals surface area contributed by atoms with Crippen LogP contribution in [0.15, 0.2) is 30.5 Å². The average molecular weight is 297 g/mol. The Morgan fingerprint density at radius 2 is 1.71 bits per heavy atom. The maximum absolute atomic E-state index is 12.8. The Hall–Kier alpha value is -1.82. The molecule has 21 heavy (non-hydrogen) atoms. The predicted octanol–water partition coefficient (Wildman–Crippen LogP) is 3.78. The van der Waals surface area contributed by atoms with Crippen molar-refractivity contribution in [3.05, 3.63) is 41.7 Å². The molecule has 0 atom stereocenters. The van der Waals surface area contributed by atoms with Crippen molar-refractivity contribution >= 4 is 0 Å². The first-order valence-electron chi connectivity index (χ1n) is 6.67. The van der Waals surface area contributed by atoms with Gasteiger partial charge in [0.15, 0.2) is 5.69 Å². The molecule has 114 valence electrons. The van der Waals surface area contributed by atoms with Crippen molar-refractivity contribution in [2.75, 3.05) is 0 Å². The Labute approximate surface area is 121 Å². The van der Waals surface area contributed by atoms with Gasteiger partial charge in [-0.3, -0.25) is 0 Å². The molecule has 0 saturated carbocycles. The van der Waals surface area contributed by atoms with Gasteiger partial charge in [0.1, 0.15) is 5.82 Å². The van der Waals surface area contributed by atoms with E-state index in [0.717, 1.165) is 11.8 Å². The molecule has 2 aromatic rings. The fraction of sp³-hybridized carbons (Fsp3) is 0.400. The summed E-state index contributed by atoms with van der Waals surface area (Å²) in [7, 11) is 0. The molecule has 3 nitrogen and oxygen atoms in total. The molecule has 1 aromatic carbocycles. The van der Waals surface area contributed by atoms with Crippen molar-refractivity contribution in [2.24, 2.45) is 5.73 Å². The van der Waals surface area contributed by atoms with Crippen molar-refractivity contribution in [2.45, 2.75) is 39.0 Å². The molecule has 1 aromatic heterocycles. The highest BCUT2D eigenvalue weighted by atomic mass is 19.4. The van der Waals surface area contributed by atoms with Gasteiger partial charge in [0.05, 0.1) is 0 Å². The van der Waals surface area contributed by atoms with Crippen LogP contribution in [-0.4, -0.2) is 9.55 Å². The van der Waals surface area contributed by atoms with Crippen molar-refractivity contribution in [3.63, 3.8) is 0 Å². The second-order valence-electron chi connectivity index (χ2n) is 5.53. The highest BCUT2D eigenvalue weighted by Crippen LogP contribution is 2.31. The Bertz CT molecular complexity index is 619. The van der Waals surface area contributed by atoms with Crippen LogP contribution in [0.4, 0.5) is 13.2 Å². The zero-order valence-electron chi connectivity index (χ0n) is 12.2. The lowest BCUT2D eigenvalue weighted by molar-refractivity contribution is -0.140. The fourth-order valence-corrected chi connectivity index (χ4v) is 2.07. The Kier molecular flexibility index (Phi) is 3.84. The third kappa shape index (κ3) is 3.26. The SMILES string of the molecule is CCn1cc(C(F)(F)F)nc1-c1ccc(C(C)(C)N)cc1. The van der Waals surface area contributed by atoms with Gasteiger partial charge in [-0.2, -0.15) is 13.2 Å². The maximum Gasteiger partial charge on any atom is 0.434 e. The number of halogens is 3. The van der Waals surface area contributed by atoms with Crippen LogP contribution in [-0.2, 0) is 18.3 Å².